The van der Waals surface area contributed by atoms with Crippen LogP contribution in [0.5, 0.6) is 5.75 Å². The van der Waals surface area contributed by atoms with E-state index in [1.54, 1.807) is 17.4 Å². The fraction of sp³-hybridized carbons (Fsp3) is 0.167. The Morgan fingerprint density at radius 2 is 1.85 bits per heavy atom. The van der Waals surface area contributed by atoms with E-state index < -0.39 is 0 Å². The summed E-state index contributed by atoms with van der Waals surface area (Å²) >= 11 is 7.97. The molecule has 1 heterocycles. The quantitative estimate of drug-likeness (QED) is 0.365. The van der Waals surface area contributed by atoms with Crippen LogP contribution < -0.4 is 0 Å². The molecule has 0 saturated heterocycles. The van der Waals surface area contributed by atoms with Crippen molar-refractivity contribution >= 4 is 55.9 Å². The molecule has 1 nitrogen and oxygen atoms in total. The third kappa shape index (κ3) is 3.60. The fourth-order valence-corrected chi connectivity index (χ4v) is 4.94. The standard InChI is InChI=1S/C24H21ClOS/c1-2-3-7-20-21-11-10-17(25)15-24(21)27-23(20)14-12-19-18-8-5-4-6-16(18)9-13-22(19)26/h4-6,8-15,26H,2-3,7H2,1H3. The summed E-state index contributed by atoms with van der Waals surface area (Å²) in [4.78, 5) is 1.24. The second kappa shape index (κ2) is 7.75. The highest BCUT2D eigenvalue weighted by Crippen LogP contribution is 2.36. The minimum absolute atomic E-state index is 0.309. The lowest BCUT2D eigenvalue weighted by Crippen LogP contribution is -1.85. The van der Waals surface area contributed by atoms with Crippen molar-refractivity contribution in [2.75, 3.05) is 0 Å². The number of fused-ring (bicyclic) bond motifs is 2. The minimum Gasteiger partial charge on any atom is -0.507 e. The van der Waals surface area contributed by atoms with Crippen molar-refractivity contribution in [2.45, 2.75) is 26.2 Å². The van der Waals surface area contributed by atoms with E-state index >= 15 is 0 Å². The van der Waals surface area contributed by atoms with Gasteiger partial charge in [0.05, 0.1) is 0 Å². The first kappa shape index (κ1) is 18.1. The first-order valence-corrected chi connectivity index (χ1v) is 10.5. The van der Waals surface area contributed by atoms with E-state index in [4.69, 9.17) is 11.6 Å². The number of hydrogen-bond acceptors (Lipinski definition) is 2. The molecule has 4 aromatic rings. The summed E-state index contributed by atoms with van der Waals surface area (Å²) < 4.78 is 1.22. The third-order valence-corrected chi connectivity index (χ3v) is 6.31. The number of thiophene rings is 1. The molecule has 0 aliphatic heterocycles. The van der Waals surface area contributed by atoms with Gasteiger partial charge in [0.1, 0.15) is 5.75 Å². The molecule has 1 N–H and O–H groups in total. The molecule has 1 aromatic heterocycles. The van der Waals surface area contributed by atoms with E-state index in [0.717, 1.165) is 40.6 Å². The molecule has 3 heteroatoms. The van der Waals surface area contributed by atoms with Crippen molar-refractivity contribution in [3.63, 3.8) is 0 Å². The van der Waals surface area contributed by atoms with Gasteiger partial charge in [-0.05, 0) is 64.9 Å². The molecule has 0 aliphatic rings. The largest absolute Gasteiger partial charge is 0.507 e. The number of benzene rings is 3. The smallest absolute Gasteiger partial charge is 0.123 e. The maximum atomic E-state index is 10.4. The van der Waals surface area contributed by atoms with Gasteiger partial charge in [-0.1, -0.05) is 61.3 Å². The molecule has 136 valence electrons. The predicted molar refractivity (Wildman–Crippen MR) is 120 cm³/mol. The van der Waals surface area contributed by atoms with Crippen LogP contribution in [0, 0.1) is 0 Å². The molecule has 0 unspecified atom stereocenters. The van der Waals surface area contributed by atoms with E-state index in [0.29, 0.717) is 5.75 Å². The summed E-state index contributed by atoms with van der Waals surface area (Å²) in [6.45, 7) is 2.22. The molecule has 0 atom stereocenters. The summed E-state index contributed by atoms with van der Waals surface area (Å²) in [6, 6.07) is 18.0. The molecule has 3 aromatic carbocycles. The first-order valence-electron chi connectivity index (χ1n) is 9.27. The average molecular weight is 393 g/mol. The number of hydrogen-bond donors (Lipinski definition) is 1. The molecule has 0 spiro atoms. The SMILES string of the molecule is CCCCc1c(C=Cc2c(O)ccc3ccccc23)sc2cc(Cl)ccc12. The molecule has 4 rings (SSSR count). The molecule has 0 saturated carbocycles. The monoisotopic (exact) mass is 392 g/mol. The lowest BCUT2D eigenvalue weighted by molar-refractivity contribution is 0.475. The molecular weight excluding hydrogens is 372 g/mol. The van der Waals surface area contributed by atoms with Crippen molar-refractivity contribution in [1.82, 2.24) is 0 Å². The van der Waals surface area contributed by atoms with Crippen LogP contribution in [0.4, 0.5) is 0 Å². The zero-order valence-electron chi connectivity index (χ0n) is 15.2. The number of rotatable bonds is 5. The van der Waals surface area contributed by atoms with Crippen LogP contribution in [0.15, 0.2) is 54.6 Å². The zero-order chi connectivity index (χ0) is 18.8. The molecule has 0 fully saturated rings. The van der Waals surface area contributed by atoms with Gasteiger partial charge in [-0.3, -0.25) is 0 Å². The Morgan fingerprint density at radius 3 is 2.70 bits per heavy atom. The van der Waals surface area contributed by atoms with Crippen molar-refractivity contribution in [3.05, 3.63) is 75.6 Å². The van der Waals surface area contributed by atoms with Crippen molar-refractivity contribution in [3.8, 4) is 5.75 Å². The Balaban J connectivity index is 1.82. The van der Waals surface area contributed by atoms with E-state index in [2.05, 4.69) is 31.2 Å². The Morgan fingerprint density at radius 1 is 1.00 bits per heavy atom. The average Bonchev–Trinajstić information content (AvgIpc) is 3.02. The number of aromatic hydroxyl groups is 1. The van der Waals surface area contributed by atoms with Crippen LogP contribution >= 0.6 is 22.9 Å². The van der Waals surface area contributed by atoms with Gasteiger partial charge in [-0.15, -0.1) is 11.3 Å². The highest BCUT2D eigenvalue weighted by atomic mass is 35.5. The van der Waals surface area contributed by atoms with E-state index in [9.17, 15) is 5.11 Å². The van der Waals surface area contributed by atoms with Gasteiger partial charge in [-0.2, -0.15) is 0 Å². The highest BCUT2D eigenvalue weighted by molar-refractivity contribution is 7.20. The third-order valence-electron chi connectivity index (χ3n) is 4.92. The van der Waals surface area contributed by atoms with Crippen LogP contribution in [0.1, 0.15) is 35.8 Å². The molecule has 0 radical (unpaired) electrons. The van der Waals surface area contributed by atoms with Crippen molar-refractivity contribution < 1.29 is 5.11 Å². The minimum atomic E-state index is 0.309. The summed E-state index contributed by atoms with van der Waals surface area (Å²) in [5.74, 6) is 0.309. The van der Waals surface area contributed by atoms with Gasteiger partial charge in [0.25, 0.3) is 0 Å². The predicted octanol–water partition coefficient (Wildman–Crippen LogP) is 7.93. The van der Waals surface area contributed by atoms with Crippen LogP contribution in [-0.2, 0) is 6.42 Å². The lowest BCUT2D eigenvalue weighted by atomic mass is 10.0. The van der Waals surface area contributed by atoms with Crippen LogP contribution in [0.2, 0.25) is 5.02 Å². The number of unbranched alkanes of at least 4 members (excludes halogenated alkanes) is 1. The molecule has 0 amide bonds. The summed E-state index contributed by atoms with van der Waals surface area (Å²) in [6.07, 6.45) is 7.57. The normalized spacial score (nSPS) is 11.8. The van der Waals surface area contributed by atoms with Crippen molar-refractivity contribution in [2.24, 2.45) is 0 Å². The first-order chi connectivity index (χ1) is 13.2. The lowest BCUT2D eigenvalue weighted by Gasteiger charge is -2.05. The zero-order valence-corrected chi connectivity index (χ0v) is 16.8. The summed E-state index contributed by atoms with van der Waals surface area (Å²) in [5, 5.41) is 14.7. The van der Waals surface area contributed by atoms with Gasteiger partial charge in [0.15, 0.2) is 0 Å². The summed E-state index contributed by atoms with van der Waals surface area (Å²) in [7, 11) is 0. The molecule has 0 aliphatic carbocycles. The van der Waals surface area contributed by atoms with E-state index in [1.807, 2.05) is 36.4 Å². The number of phenolic OH excluding ortho intramolecular Hbond substituents is 1. The highest BCUT2D eigenvalue weighted by Gasteiger charge is 2.11. The number of halogens is 1. The second-order valence-corrected chi connectivity index (χ2v) is 8.26. The van der Waals surface area contributed by atoms with Gasteiger partial charge in [-0.25, -0.2) is 0 Å². The van der Waals surface area contributed by atoms with E-state index in [1.165, 1.54) is 20.5 Å². The molecular formula is C24H21ClOS. The Hall–Kier alpha value is -2.29. The second-order valence-electron chi connectivity index (χ2n) is 6.74. The van der Waals surface area contributed by atoms with Crippen LogP contribution in [-0.4, -0.2) is 5.11 Å². The van der Waals surface area contributed by atoms with Crippen LogP contribution in [0.3, 0.4) is 0 Å². The molecule has 0 bridgehead atoms. The molecule has 27 heavy (non-hydrogen) atoms. The topological polar surface area (TPSA) is 20.2 Å². The van der Waals surface area contributed by atoms with Gasteiger partial charge < -0.3 is 5.11 Å². The van der Waals surface area contributed by atoms with Crippen LogP contribution in [0.25, 0.3) is 33.0 Å². The maximum absolute atomic E-state index is 10.4. The maximum Gasteiger partial charge on any atom is 0.123 e. The Kier molecular flexibility index (Phi) is 5.20. The van der Waals surface area contributed by atoms with E-state index in [-0.39, 0.29) is 0 Å². The number of phenols is 1. The Bertz CT molecular complexity index is 1140. The number of aryl methyl sites for hydroxylation is 1. The Labute approximate surface area is 168 Å². The van der Waals surface area contributed by atoms with Gasteiger partial charge >= 0.3 is 0 Å². The van der Waals surface area contributed by atoms with Crippen molar-refractivity contribution in [1.29, 1.82) is 0 Å². The fourth-order valence-electron chi connectivity index (χ4n) is 3.51. The van der Waals surface area contributed by atoms with Gasteiger partial charge in [0, 0.05) is 20.2 Å². The van der Waals surface area contributed by atoms with Gasteiger partial charge in [0.2, 0.25) is 0 Å². The summed E-state index contributed by atoms with van der Waals surface area (Å²) in [5.41, 5.74) is 2.24.